The van der Waals surface area contributed by atoms with E-state index in [0.29, 0.717) is 0 Å². The summed E-state index contributed by atoms with van der Waals surface area (Å²) >= 11 is 30.0. The maximum absolute atomic E-state index is 16.0. The topological polar surface area (TPSA) is 695 Å². The Morgan fingerprint density at radius 3 is 1.04 bits per heavy atom. The molecule has 9 saturated heterocycles. The summed E-state index contributed by atoms with van der Waals surface area (Å²) in [7, 11) is 0. The molecule has 12 aliphatic rings. The normalized spacial score (nSPS) is 38.1. The van der Waals surface area contributed by atoms with Gasteiger partial charge in [0, 0.05) is 50.7 Å². The predicted octanol–water partition coefficient (Wildman–Crippen LogP) is 2.75. The molecule has 9 aromatic rings. The van der Waals surface area contributed by atoms with Crippen molar-refractivity contribution < 1.29 is 144 Å². The molecule has 0 aliphatic carbocycles. The average Bonchev–Trinajstić information content (AvgIpc) is 1.60. The third kappa shape index (κ3) is 19.0. The molecule has 21 heterocycles. The van der Waals surface area contributed by atoms with Crippen molar-refractivity contribution in [2.75, 3.05) is 56.8 Å². The SMILES string of the molecule is Nc1nc2c(ncn2[C@@H]2O[C@@H]3COP(O)(=S)O[C@H]4C[C@H](n5cnc6c5N=CCC6=O)O[C@@H]4COP(O)(=S)O[C@@H]2[C@@H]3F)c(=O)[nH]1.Nc1nc2c(ncn2[C@@H]2O[C@@H]3COP(O)(=S)O[C@H]4C[C@H](n5cnc6c5N=CCC6=O)O[C@@H]4COP(O)(=S)O[C@@H]2[C@@H]3F)c(=O)[nH]1.Nc1nc2c(ncn2[C@@H]2O[C@@H]3COP(O)(=S)O[C@H]4[C@H](F)[C@H](n5cnc6c5N=CCC6=O)O[C@@H]4COP(=O)(S)O[C@@H]2[C@@H]3F)c(=O)[nH]1. The van der Waals surface area contributed by atoms with E-state index in [2.05, 4.69) is 87.0 Å². The zero-order chi connectivity index (χ0) is 93.8. The third-order valence-electron chi connectivity index (χ3n) is 22.0. The van der Waals surface area contributed by atoms with Gasteiger partial charge in [0.1, 0.15) is 73.5 Å². The smallest absolute Gasteiger partial charge is 0.369 e. The van der Waals surface area contributed by atoms with Crippen LogP contribution in [-0.2, 0) is 146 Å². The fraction of sp³-hybridized carbons (Fsp3) is 0.524. The van der Waals surface area contributed by atoms with Crippen LogP contribution in [0.5, 0.6) is 0 Å². The number of hydrogen-bond acceptors (Lipinski definition) is 45. The number of H-pyrrole nitrogens is 3. The summed E-state index contributed by atoms with van der Waals surface area (Å²) in [6.45, 7) is -28.8. The molecule has 133 heavy (non-hydrogen) atoms. The van der Waals surface area contributed by atoms with Crippen molar-refractivity contribution in [3.63, 3.8) is 0 Å². The number of ether oxygens (including phenoxy) is 6. The number of aliphatic imine (C=N–C) groups is 3. The molecule has 28 atom stereocenters. The molecular weight excluding hydrogens is 2030 g/mol. The number of imidazole rings is 6. The van der Waals surface area contributed by atoms with Gasteiger partial charge < -0.3 is 102 Å². The van der Waals surface area contributed by atoms with E-state index in [4.69, 9.17) is 159 Å². The van der Waals surface area contributed by atoms with Gasteiger partial charge >= 0.3 is 40.4 Å². The van der Waals surface area contributed by atoms with Gasteiger partial charge in [-0.1, -0.05) is 12.2 Å². The summed E-state index contributed by atoms with van der Waals surface area (Å²) in [6, 6.07) is 0. The van der Waals surface area contributed by atoms with Crippen molar-refractivity contribution in [3.8, 4) is 0 Å². The van der Waals surface area contributed by atoms with Gasteiger partial charge in [-0.2, -0.15) is 15.0 Å². The number of halogens is 4. The summed E-state index contributed by atoms with van der Waals surface area (Å²) < 4.78 is 187. The number of fused-ring (bicyclic) bond motifs is 15. The van der Waals surface area contributed by atoms with E-state index in [-0.39, 0.29) is 135 Å². The monoisotopic (exact) mass is 2090 g/mol. The number of alkyl halides is 4. The van der Waals surface area contributed by atoms with Crippen LogP contribution in [0, 0.1) is 0 Å². The molecule has 21 rings (SSSR count). The van der Waals surface area contributed by atoms with E-state index in [0.717, 1.165) is 29.9 Å². The Kier molecular flexibility index (Phi) is 26.0. The molecule has 9 aromatic heterocycles. The van der Waals surface area contributed by atoms with Gasteiger partial charge in [-0.15, -0.1) is 0 Å². The molecule has 0 saturated carbocycles. The maximum Gasteiger partial charge on any atom is 0.386 e. The largest absolute Gasteiger partial charge is 0.386 e. The van der Waals surface area contributed by atoms with E-state index in [1.165, 1.54) is 54.1 Å². The second-order valence-corrected chi connectivity index (χ2v) is 47.4. The van der Waals surface area contributed by atoms with Crippen molar-refractivity contribution in [1.29, 1.82) is 0 Å². The molecule has 0 amide bonds. The zero-order valence-electron chi connectivity index (χ0n) is 66.6. The molecule has 54 nitrogen and oxygen atoms in total. The van der Waals surface area contributed by atoms with Crippen LogP contribution in [0.25, 0.3) is 33.5 Å². The van der Waals surface area contributed by atoms with Gasteiger partial charge in [-0.25, -0.2) is 67.0 Å². The first-order valence-electron chi connectivity index (χ1n) is 39.1. The van der Waals surface area contributed by atoms with Crippen molar-refractivity contribution in [2.45, 2.75) is 167 Å². The summed E-state index contributed by atoms with van der Waals surface area (Å²) in [5.74, 6) is -0.865. The number of carbonyl (C=O) groups excluding carboxylic acids is 3. The number of thiol groups is 1. The quantitative estimate of drug-likeness (QED) is 0.0647. The number of hydrogen-bond donors (Lipinski definition) is 12. The lowest BCUT2D eigenvalue weighted by molar-refractivity contribution is -0.0598. The van der Waals surface area contributed by atoms with Gasteiger partial charge in [0.15, 0.2) is 135 Å². The molecule has 714 valence electrons. The highest BCUT2D eigenvalue weighted by Gasteiger charge is 2.58. The van der Waals surface area contributed by atoms with E-state index in [1.807, 2.05) is 0 Å². The number of Topliss-reactive ketones (excluding diaryl/α,β-unsaturated/α-hetero) is 3. The van der Waals surface area contributed by atoms with E-state index in [1.54, 1.807) is 0 Å². The first-order valence-corrected chi connectivity index (χ1v) is 54.7. The van der Waals surface area contributed by atoms with Crippen molar-refractivity contribution in [1.82, 2.24) is 87.2 Å². The minimum Gasteiger partial charge on any atom is -0.369 e. The first-order chi connectivity index (χ1) is 63.1. The number of rotatable bonds is 6. The number of aromatic nitrogens is 18. The fourth-order valence-corrected chi connectivity index (χ4v) is 24.7. The Morgan fingerprint density at radius 2 is 0.669 bits per heavy atom. The second kappa shape index (κ2) is 36.5. The van der Waals surface area contributed by atoms with Crippen LogP contribution in [0.4, 0.5) is 52.9 Å². The van der Waals surface area contributed by atoms with E-state index < -0.39 is 232 Å². The lowest BCUT2D eigenvalue weighted by Gasteiger charge is -2.27. The van der Waals surface area contributed by atoms with Crippen molar-refractivity contribution in [3.05, 3.63) is 86.1 Å². The van der Waals surface area contributed by atoms with Crippen molar-refractivity contribution >= 4 is 216 Å². The number of anilines is 3. The summed E-state index contributed by atoms with van der Waals surface area (Å²) in [5, 5.41) is 0. The molecule has 6 unspecified atom stereocenters. The maximum atomic E-state index is 16.0. The average molecular weight is 2100 g/mol. The van der Waals surface area contributed by atoms with Crippen LogP contribution < -0.4 is 33.9 Å². The Labute approximate surface area is 768 Å². The summed E-state index contributed by atoms with van der Waals surface area (Å²) in [5.41, 5.74) is 14.9. The first kappa shape index (κ1) is 94.7. The minimum atomic E-state index is -4.50. The Bertz CT molecular complexity index is 6530. The number of nitrogen functional groups attached to an aromatic ring is 3. The van der Waals surface area contributed by atoms with Crippen LogP contribution in [0.15, 0.2) is 67.3 Å². The molecule has 0 spiro atoms. The van der Waals surface area contributed by atoms with Crippen LogP contribution >= 0.6 is 52.6 Å². The molecule has 6 bridgehead atoms. The third-order valence-corrected chi connectivity index (χ3v) is 31.5. The zero-order valence-corrected chi connectivity index (χ0v) is 76.9. The fourth-order valence-electron chi connectivity index (χ4n) is 16.1. The number of ketones is 3. The van der Waals surface area contributed by atoms with Gasteiger partial charge in [0.25, 0.3) is 16.7 Å². The highest BCUT2D eigenvalue weighted by atomic mass is 32.7. The number of nitrogens with zero attached hydrogens (tertiary/aromatic N) is 18. The number of carbonyl (C=O) groups is 3. The predicted molar refractivity (Wildman–Crippen MR) is 462 cm³/mol. The van der Waals surface area contributed by atoms with Gasteiger partial charge in [0.05, 0.1) is 89.8 Å². The van der Waals surface area contributed by atoms with Crippen molar-refractivity contribution in [2.24, 2.45) is 15.0 Å². The number of nitrogens with two attached hydrogens (primary N) is 3. The van der Waals surface area contributed by atoms with Gasteiger partial charge in [-0.3, -0.25) is 93.7 Å². The highest BCUT2D eigenvalue weighted by molar-refractivity contribution is 8.44. The number of aromatic amines is 3. The molecule has 9 fully saturated rings. The van der Waals surface area contributed by atoms with Crippen LogP contribution in [0.2, 0.25) is 0 Å². The molecule has 0 aromatic carbocycles. The van der Waals surface area contributed by atoms with Gasteiger partial charge in [-0.05, 0) is 59.0 Å². The molecule has 0 radical (unpaired) electrons. The summed E-state index contributed by atoms with van der Waals surface area (Å²) in [4.78, 5) is 184. The molecule has 14 N–H and O–H groups in total. The van der Waals surface area contributed by atoms with Gasteiger partial charge in [0.2, 0.25) is 17.8 Å². The van der Waals surface area contributed by atoms with Crippen LogP contribution in [-0.4, -0.2) is 285 Å². The lowest BCUT2D eigenvalue weighted by atomic mass is 10.1. The summed E-state index contributed by atoms with van der Waals surface area (Å²) in [6.07, 6.45) is -19.7. The standard InChI is InChI=1S/C21H22F2N8O10P2S2.2C21H23FN8O10P2S2/c22-10-8-3-36-42(34,44)40-14-9(39-19(11(14)23)30-5-26-12-7(32)1-2-25-16(12)30)4-37-43(35,45)41-15(10)20(38-8)31-6-27-13-17(31)28-21(24)29-18(13)33;2*22-13-11-5-36-41(33,43)39-9-3-12(29-6-25-14-8(31)1-2-24-17(14)29)37-10(9)4-35-42(34,44)40-16(13)20(38-11)30-7-26-15-18(30)27-21(23)28-19(15)32/h2,5-6,8-11,14-15,19-20H,1,3-4H2,(H,34,44)(H,35,45)(H3,24,28,29,33);2*2,6-7,9-13,16,20H,1,3-5H2,(H,33,43)(H,34,44)(H3,23,27,28,32)/t8-,9-,10-,11+,14-,15-,19-,20-,42?,43?;2*9-,10+,11+,12+,13+,16+,20+,41?,42?/m100/s1. The van der Waals surface area contributed by atoms with Crippen LogP contribution in [0.3, 0.4) is 0 Å². The second-order valence-electron chi connectivity index (χ2n) is 30.5. The number of nitrogens with one attached hydrogen (secondary N) is 3. The Morgan fingerprint density at radius 1 is 0.368 bits per heavy atom. The van der Waals surface area contributed by atoms with E-state index in [9.17, 15) is 57.8 Å². The van der Waals surface area contributed by atoms with E-state index >= 15 is 17.6 Å². The lowest BCUT2D eigenvalue weighted by Crippen LogP contribution is -2.34. The van der Waals surface area contributed by atoms with Crippen LogP contribution in [0.1, 0.15) is 101 Å². The Balaban J connectivity index is 0.000000129. The minimum absolute atomic E-state index is 0.00967. The Hall–Kier alpha value is -7.27. The molecule has 12 aliphatic heterocycles. The highest BCUT2D eigenvalue weighted by Crippen LogP contribution is 2.62. The molecular formula is C63H68F4N24O30P6S6. The molecule has 70 heteroatoms.